The molecule has 14 heteroatoms. The van der Waals surface area contributed by atoms with Crippen LogP contribution in [0.2, 0.25) is 0 Å². The molecule has 1 fully saturated rings. The number of nitrogens with one attached hydrogen (secondary N) is 1. The van der Waals surface area contributed by atoms with Crippen molar-refractivity contribution in [2.24, 2.45) is 0 Å². The Hall–Kier alpha value is -6.12. The Labute approximate surface area is 347 Å². The predicted octanol–water partition coefficient (Wildman–Crippen LogP) is 8.05. The van der Waals surface area contributed by atoms with Crippen LogP contribution in [0.25, 0.3) is 28.1 Å². The fraction of sp³-hybridized carbons (Fsp3) is 0.304. The summed E-state index contributed by atoms with van der Waals surface area (Å²) in [5.74, 6) is 0.583. The van der Waals surface area contributed by atoms with Crippen LogP contribution < -0.4 is 5.69 Å². The van der Waals surface area contributed by atoms with Crippen LogP contribution in [0, 0.1) is 24.4 Å². The van der Waals surface area contributed by atoms with Crippen LogP contribution in [0.1, 0.15) is 82.6 Å². The summed E-state index contributed by atoms with van der Waals surface area (Å²) < 4.78 is 48.4. The summed E-state index contributed by atoms with van der Waals surface area (Å²) in [6.07, 6.45) is 9.24. The summed E-state index contributed by atoms with van der Waals surface area (Å²) in [6.45, 7) is 9.41. The standard InChI is InChI=1S/C46H47FN8O4S/c1-5-60(48,58)38-11-9-36(10-12-38)52-19-20-53(46(52)57)44-42-31(4)51(18-14-39(42)50-55(44)37-23-29(2)43(47)30(3)24-37)45(56)41-26-35-25-34(33-15-21-59-22-16-33)8-13-40(35)54(41)28-32-7-6-17-49-27-32/h6-13,17,19-20,23-27,31,33,48H,5,14-16,18,21-22,28H2,1-4H3/t31-,60+/m0/s1. The molecule has 2 atom stereocenters. The van der Waals surface area contributed by atoms with Crippen LogP contribution in [-0.4, -0.2) is 69.0 Å². The van der Waals surface area contributed by atoms with Gasteiger partial charge in [0.2, 0.25) is 0 Å². The van der Waals surface area contributed by atoms with Gasteiger partial charge in [-0.25, -0.2) is 22.9 Å². The third kappa shape index (κ3) is 6.86. The second kappa shape index (κ2) is 15.5. The lowest BCUT2D eigenvalue weighted by Gasteiger charge is -2.34. The molecule has 1 saturated heterocycles. The van der Waals surface area contributed by atoms with Crippen molar-refractivity contribution in [1.29, 1.82) is 4.78 Å². The van der Waals surface area contributed by atoms with Gasteiger partial charge in [-0.1, -0.05) is 19.1 Å². The normalized spacial score (nSPS) is 16.9. The highest BCUT2D eigenvalue weighted by Crippen LogP contribution is 2.38. The van der Waals surface area contributed by atoms with Crippen LogP contribution in [0.3, 0.4) is 0 Å². The van der Waals surface area contributed by atoms with E-state index in [1.165, 1.54) is 14.7 Å². The van der Waals surface area contributed by atoms with Crippen molar-refractivity contribution in [3.8, 4) is 17.2 Å². The first-order chi connectivity index (χ1) is 28.9. The van der Waals surface area contributed by atoms with Gasteiger partial charge < -0.3 is 14.2 Å². The number of benzene rings is 3. The maximum Gasteiger partial charge on any atom is 0.338 e. The second-order valence-electron chi connectivity index (χ2n) is 15.9. The van der Waals surface area contributed by atoms with Gasteiger partial charge >= 0.3 is 5.69 Å². The van der Waals surface area contributed by atoms with Crippen LogP contribution in [-0.2, 0) is 27.4 Å². The molecule has 12 nitrogen and oxygen atoms in total. The maximum absolute atomic E-state index is 15.1. The Morgan fingerprint density at radius 2 is 1.70 bits per heavy atom. The van der Waals surface area contributed by atoms with Gasteiger partial charge in [-0.05, 0) is 122 Å². The van der Waals surface area contributed by atoms with Gasteiger partial charge in [0.25, 0.3) is 5.91 Å². The minimum Gasteiger partial charge on any atom is -0.381 e. The molecule has 4 aromatic heterocycles. The first-order valence-electron chi connectivity index (χ1n) is 20.4. The van der Waals surface area contributed by atoms with E-state index in [1.54, 1.807) is 80.4 Å². The summed E-state index contributed by atoms with van der Waals surface area (Å²) in [6, 6.07) is 22.0. The van der Waals surface area contributed by atoms with E-state index >= 15 is 9.18 Å². The quantitative estimate of drug-likeness (QED) is 0.157. The molecule has 0 saturated carbocycles. The lowest BCUT2D eigenvalue weighted by Crippen LogP contribution is -2.40. The third-order valence-electron chi connectivity index (χ3n) is 12.2. The predicted molar refractivity (Wildman–Crippen MR) is 229 cm³/mol. The number of pyridine rings is 1. The number of amides is 1. The molecule has 2 aliphatic rings. The molecule has 308 valence electrons. The number of carbonyl (C=O) groups is 1. The topological polar surface area (TPSA) is 133 Å². The van der Waals surface area contributed by atoms with Crippen LogP contribution >= 0.6 is 0 Å². The monoisotopic (exact) mass is 826 g/mol. The number of halogens is 1. The Morgan fingerprint density at radius 1 is 0.967 bits per heavy atom. The van der Waals surface area contributed by atoms with Crippen LogP contribution in [0.4, 0.5) is 4.39 Å². The molecule has 60 heavy (non-hydrogen) atoms. The molecule has 0 unspecified atom stereocenters. The van der Waals surface area contributed by atoms with Crippen LogP contribution in [0.5, 0.6) is 0 Å². The zero-order chi connectivity index (χ0) is 41.9. The largest absolute Gasteiger partial charge is 0.381 e. The number of carbonyl (C=O) groups excluding carboxylic acids is 1. The van der Waals surface area contributed by atoms with Gasteiger partial charge in [0, 0.05) is 84.6 Å². The number of hydrogen-bond donors (Lipinski definition) is 1. The van der Waals surface area contributed by atoms with Crippen molar-refractivity contribution in [1.82, 2.24) is 33.4 Å². The van der Waals surface area contributed by atoms with Crippen molar-refractivity contribution in [2.75, 3.05) is 25.5 Å². The number of hydrogen-bond acceptors (Lipinski definition) is 7. The third-order valence-corrected chi connectivity index (χ3v) is 14.0. The van der Waals surface area contributed by atoms with Gasteiger partial charge in [-0.3, -0.25) is 18.9 Å². The van der Waals surface area contributed by atoms with Crippen molar-refractivity contribution in [2.45, 2.75) is 70.4 Å². The van der Waals surface area contributed by atoms with Gasteiger partial charge in [0.1, 0.15) is 17.3 Å². The molecule has 1 amide bonds. The van der Waals surface area contributed by atoms with E-state index in [-0.39, 0.29) is 17.5 Å². The number of rotatable bonds is 9. The summed E-state index contributed by atoms with van der Waals surface area (Å²) in [5, 5.41) is 6.07. The Balaban J connectivity index is 1.15. The van der Waals surface area contributed by atoms with E-state index in [0.717, 1.165) is 53.8 Å². The Kier molecular flexibility index (Phi) is 10.2. The fourth-order valence-corrected chi connectivity index (χ4v) is 9.77. The minimum absolute atomic E-state index is 0.143. The number of aromatic nitrogens is 6. The zero-order valence-electron chi connectivity index (χ0n) is 34.1. The second-order valence-corrected chi connectivity index (χ2v) is 18.3. The molecular weight excluding hydrogens is 780 g/mol. The zero-order valence-corrected chi connectivity index (χ0v) is 34.9. The Bertz CT molecular complexity index is 2920. The van der Waals surface area contributed by atoms with Crippen molar-refractivity contribution in [3.05, 3.63) is 153 Å². The highest BCUT2D eigenvalue weighted by molar-refractivity contribution is 7.92. The van der Waals surface area contributed by atoms with E-state index in [1.807, 2.05) is 36.2 Å². The first kappa shape index (κ1) is 39.3. The molecule has 7 aromatic rings. The summed E-state index contributed by atoms with van der Waals surface area (Å²) in [5.41, 5.74) is 6.81. The van der Waals surface area contributed by atoms with Gasteiger partial charge in [0.15, 0.2) is 0 Å². The van der Waals surface area contributed by atoms with Gasteiger partial charge in [0.05, 0.1) is 32.8 Å². The molecule has 0 spiro atoms. The highest BCUT2D eigenvalue weighted by Gasteiger charge is 2.37. The maximum atomic E-state index is 15.1. The van der Waals surface area contributed by atoms with Gasteiger partial charge in [-0.2, -0.15) is 5.10 Å². The molecule has 1 N–H and O–H groups in total. The average Bonchev–Trinajstić information content (AvgIpc) is 3.96. The average molecular weight is 827 g/mol. The smallest absolute Gasteiger partial charge is 0.338 e. The van der Waals surface area contributed by atoms with E-state index in [9.17, 15) is 9.00 Å². The summed E-state index contributed by atoms with van der Waals surface area (Å²) >= 11 is 0. The minimum atomic E-state index is -2.94. The number of ether oxygens (including phenoxy) is 1. The molecule has 0 bridgehead atoms. The molecule has 9 rings (SSSR count). The fourth-order valence-electron chi connectivity index (χ4n) is 8.86. The molecule has 6 heterocycles. The molecule has 2 aliphatic heterocycles. The first-order valence-corrected chi connectivity index (χ1v) is 22.1. The molecule has 0 radical (unpaired) electrons. The highest BCUT2D eigenvalue weighted by atomic mass is 32.2. The number of aryl methyl sites for hydroxylation is 2. The lowest BCUT2D eigenvalue weighted by atomic mass is 9.91. The molecule has 3 aromatic carbocycles. The van der Waals surface area contributed by atoms with Gasteiger partial charge in [-0.15, -0.1) is 0 Å². The number of fused-ring (bicyclic) bond motifs is 2. The Morgan fingerprint density at radius 3 is 2.40 bits per heavy atom. The van der Waals surface area contributed by atoms with E-state index in [0.29, 0.717) is 64.3 Å². The lowest BCUT2D eigenvalue weighted by molar-refractivity contribution is 0.0667. The molecule has 0 aliphatic carbocycles. The van der Waals surface area contributed by atoms with E-state index < -0.39 is 21.5 Å². The van der Waals surface area contributed by atoms with Crippen LogP contribution in [0.15, 0.2) is 107 Å². The summed E-state index contributed by atoms with van der Waals surface area (Å²) in [4.78, 5) is 36.2. The van der Waals surface area contributed by atoms with Crippen molar-refractivity contribution in [3.63, 3.8) is 0 Å². The number of nitrogens with zero attached hydrogens (tertiary/aromatic N) is 7. The SMILES string of the molecule is CC[S@@](=N)(=O)c1ccc(-n2ccn(-c3c4c(nn3-c3cc(C)c(F)c(C)c3)CCN(C(=O)c3cc5cc(C6CCOCC6)ccc5n3Cc3cccnc3)[C@H]4C)c2=O)cc1. The summed E-state index contributed by atoms with van der Waals surface area (Å²) in [7, 11) is -2.94. The van der Waals surface area contributed by atoms with E-state index in [4.69, 9.17) is 14.6 Å². The molecular formula is C46H47FN8O4S. The van der Waals surface area contributed by atoms with Crippen molar-refractivity contribution >= 4 is 26.5 Å². The number of imidazole rings is 1. The van der Waals surface area contributed by atoms with E-state index in [2.05, 4.69) is 27.8 Å². The van der Waals surface area contributed by atoms with Crippen molar-refractivity contribution < 1.29 is 18.1 Å².